The lowest BCUT2D eigenvalue weighted by Crippen LogP contribution is -2.33. The molecule has 3 aromatic rings. The van der Waals surface area contributed by atoms with E-state index in [1.807, 2.05) is 30.3 Å². The van der Waals surface area contributed by atoms with Crippen LogP contribution >= 0.6 is 24.0 Å². The van der Waals surface area contributed by atoms with Crippen molar-refractivity contribution >= 4 is 46.0 Å². The molecule has 2 N–H and O–H groups in total. The summed E-state index contributed by atoms with van der Waals surface area (Å²) in [4.78, 5) is 27.9. The lowest BCUT2D eigenvalue weighted by molar-refractivity contribution is -0.113. The third-order valence-corrected chi connectivity index (χ3v) is 6.14. The van der Waals surface area contributed by atoms with E-state index in [0.717, 1.165) is 11.8 Å². The minimum Gasteiger partial charge on any atom is -0.504 e. The average Bonchev–Trinajstić information content (AvgIpc) is 3.11. The molecule has 0 spiro atoms. The van der Waals surface area contributed by atoms with Gasteiger partial charge in [0.2, 0.25) is 0 Å². The topological polar surface area (TPSA) is 87.7 Å². The van der Waals surface area contributed by atoms with Gasteiger partial charge in [-0.05, 0) is 42.8 Å². The van der Waals surface area contributed by atoms with Crippen LogP contribution in [0.25, 0.3) is 11.8 Å². The summed E-state index contributed by atoms with van der Waals surface area (Å²) in [5, 5.41) is 19.1. The number of anilines is 1. The van der Waals surface area contributed by atoms with Gasteiger partial charge < -0.3 is 10.2 Å². The van der Waals surface area contributed by atoms with Gasteiger partial charge in [-0.3, -0.25) is 19.2 Å². The molecule has 1 aromatic heterocycles. The quantitative estimate of drug-likeness (QED) is 0.370. The lowest BCUT2D eigenvalue weighted by Gasteiger charge is -2.12. The van der Waals surface area contributed by atoms with Crippen LogP contribution in [0.1, 0.15) is 11.3 Å². The van der Waals surface area contributed by atoms with Crippen LogP contribution in [-0.4, -0.2) is 29.8 Å². The van der Waals surface area contributed by atoms with E-state index >= 15 is 0 Å². The minimum atomic E-state index is -0.413. The second kappa shape index (κ2) is 7.51. The Bertz CT molecular complexity index is 1280. The summed E-state index contributed by atoms with van der Waals surface area (Å²) in [7, 11) is 1.75. The predicted octanol–water partition coefficient (Wildman–Crippen LogP) is 3.30. The molecule has 4 rings (SSSR count). The number of hydrogen-bond donors (Lipinski definition) is 2. The smallest absolute Gasteiger partial charge is 0.296 e. The van der Waals surface area contributed by atoms with Crippen molar-refractivity contribution in [2.45, 2.75) is 6.92 Å². The number of aromatic hydroxyl groups is 2. The van der Waals surface area contributed by atoms with Crippen LogP contribution < -0.4 is 10.5 Å². The van der Waals surface area contributed by atoms with Gasteiger partial charge in [0.05, 0.1) is 16.3 Å². The molecule has 2 aromatic carbocycles. The predicted molar refractivity (Wildman–Crippen MR) is 121 cm³/mol. The summed E-state index contributed by atoms with van der Waals surface area (Å²) in [6.45, 7) is 1.76. The van der Waals surface area contributed by atoms with Crippen LogP contribution in [0.2, 0.25) is 0 Å². The monoisotopic (exact) mass is 439 g/mol. The fourth-order valence-electron chi connectivity index (χ4n) is 3.25. The fourth-order valence-corrected chi connectivity index (χ4v) is 4.52. The summed E-state index contributed by atoms with van der Waals surface area (Å²) < 4.78 is 3.43. The maximum Gasteiger partial charge on any atom is 0.296 e. The molecule has 9 heteroatoms. The van der Waals surface area contributed by atoms with Gasteiger partial charge >= 0.3 is 0 Å². The summed E-state index contributed by atoms with van der Waals surface area (Å²) in [6, 6.07) is 13.4. The summed E-state index contributed by atoms with van der Waals surface area (Å²) in [5.74, 6) is -0.950. The number of carbonyl (C=O) groups excluding carboxylic acids is 1. The van der Waals surface area contributed by atoms with Crippen LogP contribution in [0.15, 0.2) is 58.2 Å². The zero-order valence-electron chi connectivity index (χ0n) is 16.1. The molecule has 2 heterocycles. The molecule has 0 aliphatic carbocycles. The van der Waals surface area contributed by atoms with E-state index < -0.39 is 5.91 Å². The van der Waals surface area contributed by atoms with Crippen molar-refractivity contribution in [3.8, 4) is 17.2 Å². The highest BCUT2D eigenvalue weighted by molar-refractivity contribution is 8.27. The lowest BCUT2D eigenvalue weighted by atomic mass is 10.2. The van der Waals surface area contributed by atoms with Crippen molar-refractivity contribution < 1.29 is 15.0 Å². The van der Waals surface area contributed by atoms with E-state index in [1.54, 1.807) is 30.8 Å². The van der Waals surface area contributed by atoms with E-state index in [2.05, 4.69) is 0 Å². The van der Waals surface area contributed by atoms with Crippen molar-refractivity contribution in [2.24, 2.45) is 7.05 Å². The molecule has 0 bridgehead atoms. The molecule has 1 aliphatic heterocycles. The molecule has 1 amide bonds. The van der Waals surface area contributed by atoms with E-state index in [-0.39, 0.29) is 27.1 Å². The molecular formula is C21H17N3O4S2. The Labute approximate surface area is 181 Å². The van der Waals surface area contributed by atoms with Crippen molar-refractivity contribution in [1.82, 2.24) is 9.36 Å². The molecule has 1 saturated heterocycles. The maximum absolute atomic E-state index is 13.2. The SMILES string of the molecule is Cc1c(N2C(=O)C(=Cc3ccc(O)c(O)c3)SC2=S)c(=O)n(-c2ccccc2)n1C. The Balaban J connectivity index is 1.78. The third kappa shape index (κ3) is 3.21. The Kier molecular flexibility index (Phi) is 5.00. The van der Waals surface area contributed by atoms with Gasteiger partial charge in [-0.1, -0.05) is 48.2 Å². The van der Waals surface area contributed by atoms with Crippen LogP contribution in [0.3, 0.4) is 0 Å². The fraction of sp³-hybridized carbons (Fsp3) is 0.0952. The third-order valence-electron chi connectivity index (χ3n) is 4.84. The highest BCUT2D eigenvalue weighted by Crippen LogP contribution is 2.37. The molecule has 152 valence electrons. The standard InChI is InChI=1S/C21H17N3O4S2/c1-12-18(20(28)24(22(12)2)14-6-4-3-5-7-14)23-19(27)17(30-21(23)29)11-13-8-9-15(25)16(26)10-13/h3-11,25-26H,1-2H3. The molecule has 0 atom stereocenters. The number of carbonyl (C=O) groups is 1. The summed E-state index contributed by atoms with van der Waals surface area (Å²) in [5.41, 5.74) is 1.67. The van der Waals surface area contributed by atoms with Gasteiger partial charge in [-0.2, -0.15) is 0 Å². The van der Waals surface area contributed by atoms with E-state index in [4.69, 9.17) is 12.2 Å². The maximum atomic E-state index is 13.2. The number of thioether (sulfide) groups is 1. The normalized spacial score (nSPS) is 15.4. The van der Waals surface area contributed by atoms with Gasteiger partial charge in [0.15, 0.2) is 15.8 Å². The Hall–Kier alpha value is -3.30. The first-order valence-electron chi connectivity index (χ1n) is 8.93. The molecule has 30 heavy (non-hydrogen) atoms. The summed E-state index contributed by atoms with van der Waals surface area (Å²) >= 11 is 6.49. The van der Waals surface area contributed by atoms with Crippen LogP contribution in [0, 0.1) is 6.92 Å². The number of amides is 1. The number of thiocarbonyl (C=S) groups is 1. The van der Waals surface area contributed by atoms with E-state index in [9.17, 15) is 19.8 Å². The largest absolute Gasteiger partial charge is 0.504 e. The van der Waals surface area contributed by atoms with E-state index in [0.29, 0.717) is 21.8 Å². The van der Waals surface area contributed by atoms with Crippen molar-refractivity contribution in [1.29, 1.82) is 0 Å². The highest BCUT2D eigenvalue weighted by atomic mass is 32.2. The number of phenols is 2. The number of nitrogens with zero attached hydrogens (tertiary/aromatic N) is 3. The molecule has 0 unspecified atom stereocenters. The molecule has 0 radical (unpaired) electrons. The van der Waals surface area contributed by atoms with Gasteiger partial charge in [-0.25, -0.2) is 4.68 Å². The van der Waals surface area contributed by atoms with Gasteiger partial charge in [0, 0.05) is 7.05 Å². The number of rotatable bonds is 3. The first-order valence-corrected chi connectivity index (χ1v) is 10.2. The van der Waals surface area contributed by atoms with Crippen LogP contribution in [-0.2, 0) is 11.8 Å². The van der Waals surface area contributed by atoms with Crippen LogP contribution in [0.4, 0.5) is 5.69 Å². The minimum absolute atomic E-state index is 0.209. The number of hydrogen-bond acceptors (Lipinski definition) is 6. The van der Waals surface area contributed by atoms with E-state index in [1.165, 1.54) is 21.7 Å². The second-order valence-corrected chi connectivity index (χ2v) is 8.35. The van der Waals surface area contributed by atoms with Crippen molar-refractivity contribution in [3.63, 3.8) is 0 Å². The molecule has 1 fully saturated rings. The van der Waals surface area contributed by atoms with Gasteiger partial charge in [-0.15, -0.1) is 0 Å². The number of phenolic OH excluding ortho intramolecular Hbond substituents is 2. The Morgan fingerprint density at radius 3 is 2.40 bits per heavy atom. The number of para-hydroxylation sites is 1. The molecular weight excluding hydrogens is 422 g/mol. The highest BCUT2D eigenvalue weighted by Gasteiger charge is 2.37. The Morgan fingerprint density at radius 1 is 1.03 bits per heavy atom. The number of benzene rings is 2. The molecule has 1 aliphatic rings. The zero-order chi connectivity index (χ0) is 21.6. The first kappa shape index (κ1) is 20.0. The number of aromatic nitrogens is 2. The second-order valence-electron chi connectivity index (χ2n) is 6.68. The van der Waals surface area contributed by atoms with Crippen molar-refractivity contribution in [2.75, 3.05) is 4.90 Å². The molecule has 7 nitrogen and oxygen atoms in total. The van der Waals surface area contributed by atoms with Gasteiger partial charge in [0.1, 0.15) is 5.69 Å². The first-order chi connectivity index (χ1) is 14.3. The summed E-state index contributed by atoms with van der Waals surface area (Å²) in [6.07, 6.45) is 1.56. The zero-order valence-corrected chi connectivity index (χ0v) is 17.7. The van der Waals surface area contributed by atoms with Crippen LogP contribution in [0.5, 0.6) is 11.5 Å². The molecule has 0 saturated carbocycles. The Morgan fingerprint density at radius 2 is 1.73 bits per heavy atom. The van der Waals surface area contributed by atoms with Gasteiger partial charge in [0.25, 0.3) is 11.5 Å². The average molecular weight is 440 g/mol. The van der Waals surface area contributed by atoms with Crippen molar-refractivity contribution in [3.05, 3.63) is 75.0 Å².